The van der Waals surface area contributed by atoms with E-state index >= 15 is 0 Å². The minimum absolute atomic E-state index is 0.158. The van der Waals surface area contributed by atoms with Crippen LogP contribution in [0.25, 0.3) is 0 Å². The molecule has 0 atom stereocenters. The van der Waals surface area contributed by atoms with Crippen LogP contribution in [0.5, 0.6) is 5.75 Å². The number of hydrogen-bond donors (Lipinski definition) is 2. The number of phenols is 1. The van der Waals surface area contributed by atoms with E-state index < -0.39 is 5.97 Å². The van der Waals surface area contributed by atoms with Crippen LogP contribution in [0.15, 0.2) is 12.1 Å². The molecule has 0 fully saturated rings. The lowest BCUT2D eigenvalue weighted by Gasteiger charge is -2.08. The van der Waals surface area contributed by atoms with Crippen LogP contribution in [-0.4, -0.2) is 22.8 Å². The number of hydrogen-bond acceptors (Lipinski definition) is 5. The highest BCUT2D eigenvalue weighted by Gasteiger charge is 2.14. The second-order valence-electron chi connectivity index (χ2n) is 3.39. The summed E-state index contributed by atoms with van der Waals surface area (Å²) in [7, 11) is 0. The highest BCUT2D eigenvalue weighted by molar-refractivity contribution is 5.75. The minimum atomic E-state index is -0.504. The van der Waals surface area contributed by atoms with Crippen LogP contribution in [0.4, 0.5) is 0 Å². The maximum absolute atomic E-state index is 11.3. The van der Waals surface area contributed by atoms with E-state index in [0.717, 1.165) is 0 Å². The molecule has 0 bridgehead atoms. The molecule has 0 aromatic heterocycles. The van der Waals surface area contributed by atoms with E-state index in [1.165, 1.54) is 12.1 Å². The standard InChI is InChI=1S/C12H13NO4/c1-2-17-12(16)5-10-9(6-13)3-8(7-14)4-11(10)15/h3-4,14-15H,2,5,7H2,1H3. The molecule has 5 heteroatoms. The summed E-state index contributed by atoms with van der Waals surface area (Å²) in [5, 5.41) is 27.5. The van der Waals surface area contributed by atoms with Crippen molar-refractivity contribution in [2.75, 3.05) is 6.61 Å². The Balaban J connectivity index is 3.07. The monoisotopic (exact) mass is 235 g/mol. The highest BCUT2D eigenvalue weighted by atomic mass is 16.5. The number of nitrogens with zero attached hydrogens (tertiary/aromatic N) is 1. The van der Waals surface area contributed by atoms with Crippen molar-refractivity contribution in [3.63, 3.8) is 0 Å². The SMILES string of the molecule is CCOC(=O)Cc1c(O)cc(CO)cc1C#N. The summed E-state index contributed by atoms with van der Waals surface area (Å²) < 4.78 is 4.75. The van der Waals surface area contributed by atoms with Gasteiger partial charge in [0.2, 0.25) is 0 Å². The average Bonchev–Trinajstić information content (AvgIpc) is 2.31. The summed E-state index contributed by atoms with van der Waals surface area (Å²) in [6.45, 7) is 1.65. The van der Waals surface area contributed by atoms with E-state index in [0.29, 0.717) is 5.56 Å². The summed E-state index contributed by atoms with van der Waals surface area (Å²) in [6, 6.07) is 4.65. The number of aromatic hydroxyl groups is 1. The van der Waals surface area contributed by atoms with Gasteiger partial charge in [0.15, 0.2) is 0 Å². The van der Waals surface area contributed by atoms with Gasteiger partial charge in [-0.2, -0.15) is 5.26 Å². The van der Waals surface area contributed by atoms with Crippen molar-refractivity contribution >= 4 is 5.97 Å². The highest BCUT2D eigenvalue weighted by Crippen LogP contribution is 2.24. The van der Waals surface area contributed by atoms with Gasteiger partial charge in [-0.25, -0.2) is 0 Å². The lowest BCUT2D eigenvalue weighted by molar-refractivity contribution is -0.142. The number of carbonyl (C=O) groups excluding carboxylic acids is 1. The van der Waals surface area contributed by atoms with E-state index in [1.807, 2.05) is 6.07 Å². The summed E-state index contributed by atoms with van der Waals surface area (Å²) in [5.74, 6) is -0.683. The van der Waals surface area contributed by atoms with Gasteiger partial charge in [0.1, 0.15) is 5.75 Å². The van der Waals surface area contributed by atoms with Gasteiger partial charge in [0, 0.05) is 5.56 Å². The van der Waals surface area contributed by atoms with Crippen LogP contribution in [0.2, 0.25) is 0 Å². The van der Waals surface area contributed by atoms with Gasteiger partial charge in [-0.3, -0.25) is 4.79 Å². The molecular weight excluding hydrogens is 222 g/mol. The van der Waals surface area contributed by atoms with Gasteiger partial charge in [0.05, 0.1) is 31.3 Å². The minimum Gasteiger partial charge on any atom is -0.508 e. The van der Waals surface area contributed by atoms with Crippen molar-refractivity contribution in [1.82, 2.24) is 0 Å². The lowest BCUT2D eigenvalue weighted by atomic mass is 10.0. The molecule has 5 nitrogen and oxygen atoms in total. The Labute approximate surface area is 98.9 Å². The van der Waals surface area contributed by atoms with Crippen molar-refractivity contribution in [3.8, 4) is 11.8 Å². The molecular formula is C12H13NO4. The van der Waals surface area contributed by atoms with E-state index in [-0.39, 0.29) is 36.5 Å². The number of aliphatic hydroxyl groups is 1. The van der Waals surface area contributed by atoms with Gasteiger partial charge in [0.25, 0.3) is 0 Å². The molecule has 1 aromatic carbocycles. The van der Waals surface area contributed by atoms with Gasteiger partial charge in [-0.1, -0.05) is 0 Å². The van der Waals surface area contributed by atoms with Crippen molar-refractivity contribution in [3.05, 3.63) is 28.8 Å². The maximum Gasteiger partial charge on any atom is 0.310 e. The number of aliphatic hydroxyl groups excluding tert-OH is 1. The van der Waals surface area contributed by atoms with E-state index in [1.54, 1.807) is 6.92 Å². The molecule has 0 aliphatic rings. The molecule has 0 amide bonds. The van der Waals surface area contributed by atoms with Crippen molar-refractivity contribution in [2.24, 2.45) is 0 Å². The molecule has 0 radical (unpaired) electrons. The zero-order valence-corrected chi connectivity index (χ0v) is 9.43. The Morgan fingerprint density at radius 2 is 2.24 bits per heavy atom. The molecule has 90 valence electrons. The second kappa shape index (κ2) is 5.87. The van der Waals surface area contributed by atoms with Crippen LogP contribution in [0.3, 0.4) is 0 Å². The zero-order valence-electron chi connectivity index (χ0n) is 9.43. The van der Waals surface area contributed by atoms with Crippen LogP contribution >= 0.6 is 0 Å². The van der Waals surface area contributed by atoms with E-state index in [4.69, 9.17) is 15.1 Å². The Kier molecular flexibility index (Phi) is 4.49. The summed E-state index contributed by atoms with van der Waals surface area (Å²) in [4.78, 5) is 11.3. The van der Waals surface area contributed by atoms with Crippen LogP contribution in [-0.2, 0) is 22.6 Å². The molecule has 1 rings (SSSR count). The summed E-state index contributed by atoms with van der Waals surface area (Å²) >= 11 is 0. The van der Waals surface area contributed by atoms with E-state index in [9.17, 15) is 9.90 Å². The fourth-order valence-corrected chi connectivity index (χ4v) is 1.45. The Morgan fingerprint density at radius 1 is 1.53 bits per heavy atom. The van der Waals surface area contributed by atoms with E-state index in [2.05, 4.69) is 0 Å². The molecule has 0 aliphatic carbocycles. The molecule has 0 saturated carbocycles. The first-order chi connectivity index (χ1) is 8.12. The van der Waals surface area contributed by atoms with Crippen LogP contribution < -0.4 is 0 Å². The fourth-order valence-electron chi connectivity index (χ4n) is 1.45. The van der Waals surface area contributed by atoms with Gasteiger partial charge in [-0.05, 0) is 24.6 Å². The summed E-state index contributed by atoms with van der Waals surface area (Å²) in [5.41, 5.74) is 0.817. The Bertz CT molecular complexity index is 462. The number of benzene rings is 1. The zero-order chi connectivity index (χ0) is 12.8. The number of ether oxygens (including phenoxy) is 1. The lowest BCUT2D eigenvalue weighted by Crippen LogP contribution is -2.09. The number of phenolic OH excluding ortho intramolecular Hbond substituents is 1. The maximum atomic E-state index is 11.3. The van der Waals surface area contributed by atoms with Gasteiger partial charge >= 0.3 is 5.97 Å². The van der Waals surface area contributed by atoms with Gasteiger partial charge < -0.3 is 14.9 Å². The average molecular weight is 235 g/mol. The molecule has 1 aromatic rings. The largest absolute Gasteiger partial charge is 0.508 e. The van der Waals surface area contributed by atoms with Crippen LogP contribution in [0.1, 0.15) is 23.6 Å². The predicted molar refractivity (Wildman–Crippen MR) is 59.1 cm³/mol. The normalized spacial score (nSPS) is 9.71. The van der Waals surface area contributed by atoms with Gasteiger partial charge in [-0.15, -0.1) is 0 Å². The first kappa shape index (κ1) is 13.0. The first-order valence-electron chi connectivity index (χ1n) is 5.13. The predicted octanol–water partition coefficient (Wildman–Crippen LogP) is 0.862. The number of rotatable bonds is 4. The molecule has 0 aliphatic heterocycles. The van der Waals surface area contributed by atoms with Crippen molar-refractivity contribution in [2.45, 2.75) is 20.0 Å². The molecule has 0 unspecified atom stereocenters. The number of carbonyl (C=O) groups is 1. The quantitative estimate of drug-likeness (QED) is 0.755. The fraction of sp³-hybridized carbons (Fsp3) is 0.333. The third kappa shape index (κ3) is 3.20. The Morgan fingerprint density at radius 3 is 2.76 bits per heavy atom. The third-order valence-corrected chi connectivity index (χ3v) is 2.22. The first-order valence-corrected chi connectivity index (χ1v) is 5.13. The van der Waals surface area contributed by atoms with Crippen molar-refractivity contribution < 1.29 is 19.7 Å². The number of nitriles is 1. The molecule has 17 heavy (non-hydrogen) atoms. The number of esters is 1. The second-order valence-corrected chi connectivity index (χ2v) is 3.39. The molecule has 2 N–H and O–H groups in total. The smallest absolute Gasteiger partial charge is 0.310 e. The molecule has 0 spiro atoms. The van der Waals surface area contributed by atoms with Crippen molar-refractivity contribution in [1.29, 1.82) is 5.26 Å². The molecule has 0 saturated heterocycles. The van der Waals surface area contributed by atoms with Crippen LogP contribution in [0, 0.1) is 11.3 Å². The molecule has 0 heterocycles. The Hall–Kier alpha value is -2.06. The topological polar surface area (TPSA) is 90.6 Å². The third-order valence-electron chi connectivity index (χ3n) is 2.22. The summed E-state index contributed by atoms with van der Waals surface area (Å²) in [6.07, 6.45) is -0.158.